The largest absolute Gasteiger partial charge is 0.369 e. The average Bonchev–Trinajstić information content (AvgIpc) is 3.15. The highest BCUT2D eigenvalue weighted by Crippen LogP contribution is 2.37. The molecule has 0 fully saturated rings. The van der Waals surface area contributed by atoms with Gasteiger partial charge in [0.1, 0.15) is 17.0 Å². The number of amides is 2. The Morgan fingerprint density at radius 3 is 2.14 bits per heavy atom. The third kappa shape index (κ3) is 2.76. The smallest absolute Gasteiger partial charge is 0.360 e. The highest BCUT2D eigenvalue weighted by molar-refractivity contribution is 6.39. The van der Waals surface area contributed by atoms with Gasteiger partial charge in [-0.2, -0.15) is 0 Å². The molecule has 0 unspecified atom stereocenters. The number of nitrogens with zero attached hydrogens (tertiary/aromatic N) is 2. The van der Waals surface area contributed by atoms with Crippen molar-refractivity contribution in [3.05, 3.63) is 75.0 Å². The maximum atomic E-state index is 12.8. The van der Waals surface area contributed by atoms with Gasteiger partial charge in [0, 0.05) is 5.56 Å². The van der Waals surface area contributed by atoms with Crippen molar-refractivity contribution in [2.45, 2.75) is 6.92 Å². The van der Waals surface area contributed by atoms with Crippen LogP contribution in [0.4, 0.5) is 0 Å². The molecule has 0 saturated heterocycles. The predicted molar refractivity (Wildman–Crippen MR) is 99.1 cm³/mol. The van der Waals surface area contributed by atoms with E-state index in [4.69, 9.17) is 32.6 Å². The highest BCUT2D eigenvalue weighted by atomic mass is 35.5. The predicted octanol–water partition coefficient (Wildman–Crippen LogP) is 4.32. The lowest BCUT2D eigenvalue weighted by molar-refractivity contribution is -0.0585. The van der Waals surface area contributed by atoms with Gasteiger partial charge in [0.15, 0.2) is 0 Å². The number of benzene rings is 2. The molecule has 2 heterocycles. The second-order valence-corrected chi connectivity index (χ2v) is 6.70. The summed E-state index contributed by atoms with van der Waals surface area (Å²) < 4.78 is 5.10. The lowest BCUT2D eigenvalue weighted by Gasteiger charge is -2.13. The van der Waals surface area contributed by atoms with Gasteiger partial charge in [-0.15, -0.1) is 0 Å². The summed E-state index contributed by atoms with van der Waals surface area (Å²) in [5, 5.41) is 4.75. The van der Waals surface area contributed by atoms with Crippen molar-refractivity contribution < 1.29 is 23.7 Å². The molecular weight excluding hydrogens is 407 g/mol. The molecule has 4 rings (SSSR count). The second kappa shape index (κ2) is 6.78. The molecule has 28 heavy (non-hydrogen) atoms. The van der Waals surface area contributed by atoms with Gasteiger partial charge in [-0.25, -0.2) is 4.79 Å². The molecule has 0 saturated carbocycles. The molecule has 2 aromatic carbocycles. The Morgan fingerprint density at radius 2 is 1.57 bits per heavy atom. The van der Waals surface area contributed by atoms with Crippen molar-refractivity contribution in [1.29, 1.82) is 0 Å². The van der Waals surface area contributed by atoms with Crippen LogP contribution in [-0.4, -0.2) is 28.0 Å². The molecule has 140 valence electrons. The van der Waals surface area contributed by atoms with Crippen molar-refractivity contribution in [3.8, 4) is 11.3 Å². The first-order valence-corrected chi connectivity index (χ1v) is 8.76. The van der Waals surface area contributed by atoms with Crippen LogP contribution in [0.3, 0.4) is 0 Å². The Labute approximate surface area is 168 Å². The van der Waals surface area contributed by atoms with Crippen LogP contribution in [0.25, 0.3) is 11.3 Å². The number of imide groups is 1. The Kier molecular flexibility index (Phi) is 4.41. The Balaban J connectivity index is 1.71. The average molecular weight is 417 g/mol. The first kappa shape index (κ1) is 18.2. The number of hydrogen-bond acceptors (Lipinski definition) is 6. The minimum Gasteiger partial charge on any atom is -0.360 e. The molecule has 0 bridgehead atoms. The molecule has 1 aliphatic heterocycles. The fourth-order valence-corrected chi connectivity index (χ4v) is 3.46. The van der Waals surface area contributed by atoms with Crippen molar-refractivity contribution in [2.75, 3.05) is 0 Å². The van der Waals surface area contributed by atoms with Crippen LogP contribution >= 0.6 is 23.2 Å². The van der Waals surface area contributed by atoms with E-state index in [1.54, 1.807) is 30.3 Å². The summed E-state index contributed by atoms with van der Waals surface area (Å²) in [4.78, 5) is 42.7. The Hall–Kier alpha value is -3.16. The van der Waals surface area contributed by atoms with E-state index < -0.39 is 17.8 Å². The van der Waals surface area contributed by atoms with Crippen molar-refractivity contribution in [1.82, 2.24) is 10.2 Å². The molecular formula is C19H10Cl2N2O5. The van der Waals surface area contributed by atoms with Crippen LogP contribution < -0.4 is 0 Å². The summed E-state index contributed by atoms with van der Waals surface area (Å²) in [7, 11) is 0. The fourth-order valence-electron chi connectivity index (χ4n) is 2.89. The molecule has 3 aromatic rings. The minimum absolute atomic E-state index is 0.0507. The van der Waals surface area contributed by atoms with Gasteiger partial charge >= 0.3 is 5.97 Å². The van der Waals surface area contributed by atoms with Crippen LogP contribution in [0.5, 0.6) is 0 Å². The number of carbonyl (C=O) groups is 3. The normalized spacial score (nSPS) is 13.0. The second-order valence-electron chi connectivity index (χ2n) is 5.89. The Morgan fingerprint density at radius 1 is 1.00 bits per heavy atom. The van der Waals surface area contributed by atoms with Gasteiger partial charge in [0.05, 0.1) is 21.2 Å². The lowest BCUT2D eigenvalue weighted by Crippen LogP contribution is -2.32. The van der Waals surface area contributed by atoms with E-state index in [1.165, 1.54) is 19.1 Å². The maximum absolute atomic E-state index is 12.8. The number of hydrogen-bond donors (Lipinski definition) is 0. The molecule has 0 spiro atoms. The molecule has 2 amide bonds. The first-order chi connectivity index (χ1) is 13.4. The molecule has 7 nitrogen and oxygen atoms in total. The zero-order valence-electron chi connectivity index (χ0n) is 14.2. The van der Waals surface area contributed by atoms with Crippen molar-refractivity contribution >= 4 is 41.0 Å². The first-order valence-electron chi connectivity index (χ1n) is 8.01. The molecule has 9 heteroatoms. The van der Waals surface area contributed by atoms with E-state index in [0.29, 0.717) is 5.06 Å². The van der Waals surface area contributed by atoms with E-state index in [2.05, 4.69) is 5.16 Å². The molecule has 0 radical (unpaired) electrons. The quantitative estimate of drug-likeness (QED) is 0.590. The summed E-state index contributed by atoms with van der Waals surface area (Å²) in [5.41, 5.74) is 0.534. The summed E-state index contributed by atoms with van der Waals surface area (Å²) in [6, 6.07) is 11.0. The topological polar surface area (TPSA) is 89.7 Å². The van der Waals surface area contributed by atoms with Gasteiger partial charge in [-0.3, -0.25) is 9.59 Å². The van der Waals surface area contributed by atoms with Crippen molar-refractivity contribution in [3.63, 3.8) is 0 Å². The number of fused-ring (bicyclic) bond motifs is 1. The number of carbonyl (C=O) groups excluding carboxylic acids is 3. The van der Waals surface area contributed by atoms with Crippen molar-refractivity contribution in [2.24, 2.45) is 0 Å². The van der Waals surface area contributed by atoms with E-state index >= 15 is 0 Å². The van der Waals surface area contributed by atoms with Gasteiger partial charge in [-0.05, 0) is 31.2 Å². The standard InChI is InChI=1S/C19H10Cl2N2O5/c1-9-14(16(22-27-9)15-12(20)7-4-8-13(15)21)19(26)28-23-17(24)10-5-2-3-6-11(10)18(23)25/h2-8H,1H3. The molecule has 0 N–H and O–H groups in total. The van der Waals surface area contributed by atoms with E-state index in [9.17, 15) is 14.4 Å². The van der Waals surface area contributed by atoms with Gasteiger partial charge < -0.3 is 9.36 Å². The van der Waals surface area contributed by atoms with Crippen LogP contribution in [0.2, 0.25) is 10.0 Å². The number of rotatable bonds is 3. The highest BCUT2D eigenvalue weighted by Gasteiger charge is 2.40. The monoisotopic (exact) mass is 416 g/mol. The van der Waals surface area contributed by atoms with E-state index in [1.807, 2.05) is 0 Å². The minimum atomic E-state index is -1.00. The summed E-state index contributed by atoms with van der Waals surface area (Å²) in [6.45, 7) is 1.49. The van der Waals surface area contributed by atoms with Gasteiger partial charge in [-0.1, -0.05) is 51.6 Å². The molecule has 1 aromatic heterocycles. The van der Waals surface area contributed by atoms with Crippen LogP contribution in [0.1, 0.15) is 36.8 Å². The third-order valence-electron chi connectivity index (χ3n) is 4.20. The van der Waals surface area contributed by atoms with Crippen LogP contribution in [-0.2, 0) is 4.84 Å². The molecule has 1 aliphatic rings. The zero-order valence-corrected chi connectivity index (χ0v) is 15.7. The van der Waals surface area contributed by atoms with Gasteiger partial charge in [0.25, 0.3) is 11.8 Å². The SMILES string of the molecule is Cc1onc(-c2c(Cl)cccc2Cl)c1C(=O)ON1C(=O)c2ccccc2C1=O. The number of aromatic nitrogens is 1. The number of aryl methyl sites for hydroxylation is 1. The summed E-state index contributed by atoms with van der Waals surface area (Å²) in [6.07, 6.45) is 0. The third-order valence-corrected chi connectivity index (χ3v) is 4.83. The Bertz CT molecular complexity index is 1100. The summed E-state index contributed by atoms with van der Waals surface area (Å²) in [5.74, 6) is -2.35. The lowest BCUT2D eigenvalue weighted by atomic mass is 10.1. The van der Waals surface area contributed by atoms with E-state index in [-0.39, 0.29) is 43.8 Å². The molecule has 0 aliphatic carbocycles. The fraction of sp³-hybridized carbons (Fsp3) is 0.0526. The number of halogens is 2. The van der Waals surface area contributed by atoms with Crippen LogP contribution in [0.15, 0.2) is 47.0 Å². The number of hydroxylamine groups is 2. The molecule has 0 atom stereocenters. The van der Waals surface area contributed by atoms with E-state index in [0.717, 1.165) is 0 Å². The van der Waals surface area contributed by atoms with Gasteiger partial charge in [0.2, 0.25) is 0 Å². The van der Waals surface area contributed by atoms with Crippen LogP contribution in [0, 0.1) is 6.92 Å². The summed E-state index contributed by atoms with van der Waals surface area (Å²) >= 11 is 12.4. The zero-order chi connectivity index (χ0) is 20.0. The maximum Gasteiger partial charge on any atom is 0.369 e.